The summed E-state index contributed by atoms with van der Waals surface area (Å²) in [7, 11) is 0. The fourth-order valence-corrected chi connectivity index (χ4v) is 3.27. The fourth-order valence-electron chi connectivity index (χ4n) is 1.79. The van der Waals surface area contributed by atoms with E-state index in [2.05, 4.69) is 47.2 Å². The topological polar surface area (TPSA) is 12.0 Å². The van der Waals surface area contributed by atoms with Crippen LogP contribution in [-0.2, 0) is 6.42 Å². The summed E-state index contributed by atoms with van der Waals surface area (Å²) in [6, 6.07) is 5.06. The lowest BCUT2D eigenvalue weighted by molar-refractivity contribution is 0.456. The first-order chi connectivity index (χ1) is 7.76. The molecule has 0 aliphatic rings. The maximum absolute atomic E-state index is 3.65. The first kappa shape index (κ1) is 14.2. The minimum atomic E-state index is 0.711. The lowest BCUT2D eigenvalue weighted by Gasteiger charge is -2.16. The normalized spacial score (nSPS) is 12.9. The van der Waals surface area contributed by atoms with E-state index in [0.717, 1.165) is 13.0 Å². The van der Waals surface area contributed by atoms with Crippen LogP contribution in [0.3, 0.4) is 0 Å². The van der Waals surface area contributed by atoms with E-state index in [1.165, 1.54) is 34.3 Å². The lowest BCUT2D eigenvalue weighted by atomic mass is 10.1. The predicted molar refractivity (Wildman–Crippen MR) is 77.3 cm³/mol. The molecule has 0 fully saturated rings. The Bertz CT molecular complexity index is 285. The predicted octanol–water partition coefficient (Wildman–Crippen LogP) is 4.61. The van der Waals surface area contributed by atoms with Crippen molar-refractivity contribution in [2.24, 2.45) is 0 Å². The third-order valence-corrected chi connectivity index (χ3v) is 4.52. The van der Waals surface area contributed by atoms with Crippen LogP contribution in [0.15, 0.2) is 15.9 Å². The molecule has 0 aromatic carbocycles. The zero-order valence-electron chi connectivity index (χ0n) is 10.3. The van der Waals surface area contributed by atoms with Crippen molar-refractivity contribution in [3.8, 4) is 0 Å². The van der Waals surface area contributed by atoms with E-state index in [4.69, 9.17) is 0 Å². The molecule has 1 atom stereocenters. The van der Waals surface area contributed by atoms with Crippen molar-refractivity contribution in [3.05, 3.63) is 20.8 Å². The van der Waals surface area contributed by atoms with E-state index in [9.17, 15) is 0 Å². The van der Waals surface area contributed by atoms with Crippen LogP contribution in [0.5, 0.6) is 0 Å². The van der Waals surface area contributed by atoms with Crippen molar-refractivity contribution in [2.75, 3.05) is 6.54 Å². The minimum absolute atomic E-state index is 0.711. The molecule has 1 heterocycles. The Morgan fingerprint density at radius 2 is 2.19 bits per heavy atom. The Labute approximate surface area is 112 Å². The number of hydrogen-bond donors (Lipinski definition) is 1. The average Bonchev–Trinajstić information content (AvgIpc) is 2.69. The van der Waals surface area contributed by atoms with Gasteiger partial charge in [0.05, 0.1) is 3.79 Å². The molecule has 1 aromatic rings. The Morgan fingerprint density at radius 1 is 1.38 bits per heavy atom. The Kier molecular flexibility index (Phi) is 7.33. The molecule has 0 radical (unpaired) electrons. The number of unbranched alkanes of at least 4 members (excludes halogenated alkanes) is 1. The Balaban J connectivity index is 2.17. The molecular formula is C13H22BrNS. The quantitative estimate of drug-likeness (QED) is 0.739. The van der Waals surface area contributed by atoms with Crippen LogP contribution in [0.4, 0.5) is 0 Å². The molecule has 0 bridgehead atoms. The van der Waals surface area contributed by atoms with Crippen molar-refractivity contribution < 1.29 is 0 Å². The van der Waals surface area contributed by atoms with E-state index >= 15 is 0 Å². The zero-order chi connectivity index (χ0) is 11.8. The van der Waals surface area contributed by atoms with Gasteiger partial charge in [0, 0.05) is 17.5 Å². The van der Waals surface area contributed by atoms with Crippen LogP contribution < -0.4 is 5.32 Å². The standard InChI is InChI=1S/C13H22BrNS/c1-3-5-6-11(4-2)15-10-9-12-7-8-13(14)16-12/h7-8,11,15H,3-6,9-10H2,1-2H3. The Hall–Kier alpha value is 0.140. The van der Waals surface area contributed by atoms with Crippen molar-refractivity contribution in [2.45, 2.75) is 52.0 Å². The van der Waals surface area contributed by atoms with Gasteiger partial charge in [0.1, 0.15) is 0 Å². The molecule has 0 aliphatic heterocycles. The molecule has 3 heteroatoms. The maximum Gasteiger partial charge on any atom is 0.0701 e. The number of rotatable bonds is 8. The highest BCUT2D eigenvalue weighted by Gasteiger charge is 2.04. The van der Waals surface area contributed by atoms with Crippen molar-refractivity contribution in [1.29, 1.82) is 0 Å². The molecule has 16 heavy (non-hydrogen) atoms. The largest absolute Gasteiger partial charge is 0.314 e. The van der Waals surface area contributed by atoms with Gasteiger partial charge in [-0.15, -0.1) is 11.3 Å². The smallest absolute Gasteiger partial charge is 0.0701 e. The van der Waals surface area contributed by atoms with Crippen LogP contribution in [0.2, 0.25) is 0 Å². The SMILES string of the molecule is CCCCC(CC)NCCc1ccc(Br)s1. The average molecular weight is 304 g/mol. The second kappa shape index (κ2) is 8.26. The van der Waals surface area contributed by atoms with Crippen molar-refractivity contribution in [3.63, 3.8) is 0 Å². The summed E-state index contributed by atoms with van der Waals surface area (Å²) in [4.78, 5) is 1.46. The summed E-state index contributed by atoms with van der Waals surface area (Å²) in [5.41, 5.74) is 0. The minimum Gasteiger partial charge on any atom is -0.314 e. The van der Waals surface area contributed by atoms with E-state index < -0.39 is 0 Å². The summed E-state index contributed by atoms with van der Waals surface area (Å²) < 4.78 is 1.24. The third-order valence-electron chi connectivity index (χ3n) is 2.83. The summed E-state index contributed by atoms with van der Waals surface area (Å²) in [5, 5.41) is 3.65. The van der Waals surface area contributed by atoms with Crippen molar-refractivity contribution >= 4 is 27.3 Å². The van der Waals surface area contributed by atoms with Crippen molar-refractivity contribution in [1.82, 2.24) is 5.32 Å². The van der Waals surface area contributed by atoms with Crippen LogP contribution in [-0.4, -0.2) is 12.6 Å². The van der Waals surface area contributed by atoms with Gasteiger partial charge in [0.15, 0.2) is 0 Å². The molecule has 0 aliphatic carbocycles. The van der Waals surface area contributed by atoms with Gasteiger partial charge in [-0.1, -0.05) is 26.7 Å². The van der Waals surface area contributed by atoms with Gasteiger partial charge < -0.3 is 5.32 Å². The van der Waals surface area contributed by atoms with E-state index in [-0.39, 0.29) is 0 Å². The number of thiophene rings is 1. The molecule has 1 N–H and O–H groups in total. The fraction of sp³-hybridized carbons (Fsp3) is 0.692. The molecule has 0 saturated heterocycles. The molecule has 1 aromatic heterocycles. The molecular weight excluding hydrogens is 282 g/mol. The zero-order valence-corrected chi connectivity index (χ0v) is 12.7. The third kappa shape index (κ3) is 5.46. The Morgan fingerprint density at radius 3 is 2.75 bits per heavy atom. The second-order valence-electron chi connectivity index (χ2n) is 4.16. The second-order valence-corrected chi connectivity index (χ2v) is 6.70. The first-order valence-corrected chi connectivity index (χ1v) is 7.84. The van der Waals surface area contributed by atoms with Gasteiger partial charge in [-0.2, -0.15) is 0 Å². The maximum atomic E-state index is 3.65. The van der Waals surface area contributed by atoms with Gasteiger partial charge in [-0.3, -0.25) is 0 Å². The van der Waals surface area contributed by atoms with Gasteiger partial charge >= 0.3 is 0 Å². The van der Waals surface area contributed by atoms with Crippen LogP contribution in [0.25, 0.3) is 0 Å². The summed E-state index contributed by atoms with van der Waals surface area (Å²) in [6.45, 7) is 5.64. The number of hydrogen-bond acceptors (Lipinski definition) is 2. The lowest BCUT2D eigenvalue weighted by Crippen LogP contribution is -2.30. The van der Waals surface area contributed by atoms with Gasteiger partial charge in [-0.05, 0) is 47.3 Å². The van der Waals surface area contributed by atoms with Gasteiger partial charge in [0.25, 0.3) is 0 Å². The molecule has 1 unspecified atom stereocenters. The van der Waals surface area contributed by atoms with E-state index in [0.29, 0.717) is 6.04 Å². The van der Waals surface area contributed by atoms with E-state index in [1.54, 1.807) is 0 Å². The van der Waals surface area contributed by atoms with Gasteiger partial charge in [-0.25, -0.2) is 0 Å². The highest BCUT2D eigenvalue weighted by atomic mass is 79.9. The highest BCUT2D eigenvalue weighted by molar-refractivity contribution is 9.11. The van der Waals surface area contributed by atoms with Crippen LogP contribution in [0.1, 0.15) is 44.4 Å². The summed E-state index contributed by atoms with van der Waals surface area (Å²) in [5.74, 6) is 0. The van der Waals surface area contributed by atoms with Crippen LogP contribution >= 0.6 is 27.3 Å². The summed E-state index contributed by atoms with van der Waals surface area (Å²) >= 11 is 5.34. The molecule has 92 valence electrons. The van der Waals surface area contributed by atoms with E-state index in [1.807, 2.05) is 11.3 Å². The molecule has 0 spiro atoms. The van der Waals surface area contributed by atoms with Crippen LogP contribution in [0, 0.1) is 0 Å². The molecule has 1 nitrogen and oxygen atoms in total. The number of halogens is 1. The molecule has 1 rings (SSSR count). The molecule has 0 amide bonds. The first-order valence-electron chi connectivity index (χ1n) is 6.23. The number of nitrogens with one attached hydrogen (secondary N) is 1. The molecule has 0 saturated carbocycles. The van der Waals surface area contributed by atoms with Gasteiger partial charge in [0.2, 0.25) is 0 Å². The highest BCUT2D eigenvalue weighted by Crippen LogP contribution is 2.22. The monoisotopic (exact) mass is 303 g/mol. The summed E-state index contributed by atoms with van der Waals surface area (Å²) in [6.07, 6.45) is 6.36.